The van der Waals surface area contributed by atoms with E-state index in [1.165, 1.54) is 0 Å². The summed E-state index contributed by atoms with van der Waals surface area (Å²) in [6.45, 7) is 0. The molecule has 0 aliphatic rings. The molecule has 0 bridgehead atoms. The number of nitrogens with zero attached hydrogens (tertiary/aromatic N) is 3. The van der Waals surface area contributed by atoms with Gasteiger partial charge >= 0.3 is 0 Å². The molecular formula is C28H20BrN7O2. The third kappa shape index (κ3) is 4.76. The average Bonchev–Trinajstić information content (AvgIpc) is 3.61. The lowest BCUT2D eigenvalue weighted by atomic mass is 10.0. The highest BCUT2D eigenvalue weighted by atomic mass is 79.9. The van der Waals surface area contributed by atoms with Crippen molar-refractivity contribution in [2.45, 2.75) is 6.42 Å². The smallest absolute Gasteiger partial charge is 0.272 e. The number of hydrogen-bond acceptors (Lipinski definition) is 5. The molecule has 6 rings (SSSR count). The van der Waals surface area contributed by atoms with Crippen molar-refractivity contribution in [1.82, 2.24) is 25.6 Å². The molecule has 0 spiro atoms. The second-order valence-electron chi connectivity index (χ2n) is 8.74. The number of amides is 2. The molecule has 0 aliphatic carbocycles. The number of aromatic amines is 2. The van der Waals surface area contributed by atoms with Crippen molar-refractivity contribution >= 4 is 60.8 Å². The number of benzene rings is 4. The molecule has 0 radical (unpaired) electrons. The fourth-order valence-electron chi connectivity index (χ4n) is 4.39. The van der Waals surface area contributed by atoms with Crippen molar-refractivity contribution in [1.29, 1.82) is 0 Å². The van der Waals surface area contributed by atoms with E-state index in [2.05, 4.69) is 52.2 Å². The lowest BCUT2D eigenvalue weighted by Crippen LogP contribution is -2.15. The Hall–Kier alpha value is -4.83. The van der Waals surface area contributed by atoms with Crippen molar-refractivity contribution in [3.8, 4) is 11.4 Å². The van der Waals surface area contributed by atoms with E-state index in [-0.39, 0.29) is 18.2 Å². The Morgan fingerprint density at radius 3 is 2.50 bits per heavy atom. The van der Waals surface area contributed by atoms with E-state index in [9.17, 15) is 9.59 Å². The van der Waals surface area contributed by atoms with Gasteiger partial charge in [0, 0.05) is 15.4 Å². The summed E-state index contributed by atoms with van der Waals surface area (Å²) in [7, 11) is 0. The molecule has 10 heteroatoms. The maximum atomic E-state index is 13.2. The molecule has 0 saturated carbocycles. The second-order valence-corrected chi connectivity index (χ2v) is 9.65. The first-order valence-electron chi connectivity index (χ1n) is 11.8. The molecule has 2 heterocycles. The first-order chi connectivity index (χ1) is 18.5. The molecule has 186 valence electrons. The van der Waals surface area contributed by atoms with Crippen LogP contribution in [0.15, 0.2) is 89.4 Å². The van der Waals surface area contributed by atoms with Crippen LogP contribution in [0.3, 0.4) is 0 Å². The van der Waals surface area contributed by atoms with E-state index in [1.807, 2.05) is 66.7 Å². The Kier molecular flexibility index (Phi) is 6.14. The number of aromatic nitrogens is 5. The van der Waals surface area contributed by atoms with E-state index in [4.69, 9.17) is 0 Å². The Morgan fingerprint density at radius 1 is 0.816 bits per heavy atom. The van der Waals surface area contributed by atoms with Crippen molar-refractivity contribution in [2.75, 3.05) is 10.6 Å². The van der Waals surface area contributed by atoms with Crippen LogP contribution in [-0.2, 0) is 11.2 Å². The minimum Gasteiger partial charge on any atom is -0.349 e. The number of anilines is 2. The Bertz CT molecular complexity index is 1810. The molecule has 2 aromatic heterocycles. The van der Waals surface area contributed by atoms with Gasteiger partial charge in [-0.3, -0.25) is 9.59 Å². The number of carbonyl (C=O) groups is 2. The van der Waals surface area contributed by atoms with Gasteiger partial charge in [0.2, 0.25) is 11.7 Å². The number of H-pyrrole nitrogens is 2. The Balaban J connectivity index is 1.22. The molecule has 4 N–H and O–H groups in total. The van der Waals surface area contributed by atoms with Gasteiger partial charge in [-0.15, -0.1) is 10.2 Å². The van der Waals surface area contributed by atoms with Gasteiger partial charge in [0.05, 0.1) is 23.3 Å². The van der Waals surface area contributed by atoms with Crippen LogP contribution in [0.4, 0.5) is 11.4 Å². The third-order valence-electron chi connectivity index (χ3n) is 6.17. The van der Waals surface area contributed by atoms with Crippen LogP contribution in [0.25, 0.3) is 33.1 Å². The number of fused-ring (bicyclic) bond motifs is 2. The van der Waals surface area contributed by atoms with Gasteiger partial charge in [-0.25, -0.2) is 0 Å². The molecule has 2 amide bonds. The van der Waals surface area contributed by atoms with Gasteiger partial charge in [0.25, 0.3) is 5.91 Å². The van der Waals surface area contributed by atoms with Crippen molar-refractivity contribution in [3.05, 3.63) is 101 Å². The molecule has 0 aliphatic heterocycles. The zero-order valence-corrected chi connectivity index (χ0v) is 21.4. The monoisotopic (exact) mass is 565 g/mol. The average molecular weight is 566 g/mol. The highest BCUT2D eigenvalue weighted by molar-refractivity contribution is 9.10. The summed E-state index contributed by atoms with van der Waals surface area (Å²) >= 11 is 3.44. The zero-order chi connectivity index (χ0) is 26.1. The molecule has 0 unspecified atom stereocenters. The topological polar surface area (TPSA) is 128 Å². The summed E-state index contributed by atoms with van der Waals surface area (Å²) in [4.78, 5) is 29.2. The third-order valence-corrected chi connectivity index (χ3v) is 6.66. The van der Waals surface area contributed by atoms with Gasteiger partial charge in [0.1, 0.15) is 5.69 Å². The number of carbonyl (C=O) groups excluding carboxylic acids is 2. The zero-order valence-electron chi connectivity index (χ0n) is 19.8. The molecule has 0 saturated heterocycles. The fourth-order valence-corrected chi connectivity index (χ4v) is 4.75. The number of nitrogens with one attached hydrogen (secondary N) is 4. The van der Waals surface area contributed by atoms with E-state index < -0.39 is 0 Å². The minimum atomic E-state index is -0.346. The van der Waals surface area contributed by atoms with Crippen LogP contribution in [0, 0.1) is 0 Å². The number of hydrogen-bond donors (Lipinski definition) is 4. The number of halogens is 1. The number of rotatable bonds is 6. The summed E-state index contributed by atoms with van der Waals surface area (Å²) in [5.41, 5.74) is 3.67. The van der Waals surface area contributed by atoms with Gasteiger partial charge in [-0.2, -0.15) is 5.21 Å². The molecule has 4 aromatic carbocycles. The van der Waals surface area contributed by atoms with Crippen molar-refractivity contribution < 1.29 is 9.59 Å². The standard InChI is InChI=1S/C28H20BrN7O2/c29-20-10-11-22(21(15-20)27-33-35-36-34-27)32-28(38)24-14-19-6-3-7-23(26(19)31-24)30-25(37)13-16-8-9-17-4-1-2-5-18(17)12-16/h1-12,14-15,31H,13H2,(H,30,37)(H,32,38)(H,33,34,35,36). The quantitative estimate of drug-likeness (QED) is 0.206. The second kappa shape index (κ2) is 9.91. The van der Waals surface area contributed by atoms with Crippen molar-refractivity contribution in [3.63, 3.8) is 0 Å². The normalized spacial score (nSPS) is 11.1. The van der Waals surface area contributed by atoms with Gasteiger partial charge in [-0.05, 0) is 51.9 Å². The van der Waals surface area contributed by atoms with Crippen LogP contribution >= 0.6 is 15.9 Å². The van der Waals surface area contributed by atoms with Crippen LogP contribution in [0.5, 0.6) is 0 Å². The highest BCUT2D eigenvalue weighted by Crippen LogP contribution is 2.30. The fraction of sp³-hybridized carbons (Fsp3) is 0.0357. The maximum absolute atomic E-state index is 13.2. The first-order valence-corrected chi connectivity index (χ1v) is 12.6. The van der Waals surface area contributed by atoms with Gasteiger partial charge in [-0.1, -0.05) is 70.5 Å². The molecule has 38 heavy (non-hydrogen) atoms. The SMILES string of the molecule is O=C(Cc1ccc2ccccc2c1)Nc1cccc2cc(C(=O)Nc3ccc(Br)cc3-c3nn[nH]n3)[nH]c12. The van der Waals surface area contributed by atoms with Gasteiger partial charge < -0.3 is 15.6 Å². The summed E-state index contributed by atoms with van der Waals surface area (Å²) in [5.74, 6) is -0.135. The van der Waals surface area contributed by atoms with Gasteiger partial charge in [0.15, 0.2) is 0 Å². The largest absolute Gasteiger partial charge is 0.349 e. The summed E-state index contributed by atoms with van der Waals surface area (Å²) in [6.07, 6.45) is 0.234. The Labute approximate surface area is 224 Å². The lowest BCUT2D eigenvalue weighted by Gasteiger charge is -2.09. The van der Waals surface area contributed by atoms with Crippen molar-refractivity contribution in [2.24, 2.45) is 0 Å². The number of para-hydroxylation sites is 1. The molecule has 0 atom stereocenters. The summed E-state index contributed by atoms with van der Waals surface area (Å²) in [5, 5.41) is 23.0. The molecule has 6 aromatic rings. The van der Waals surface area contributed by atoms with E-state index in [0.717, 1.165) is 26.2 Å². The number of tetrazole rings is 1. The maximum Gasteiger partial charge on any atom is 0.272 e. The summed E-state index contributed by atoms with van der Waals surface area (Å²) in [6, 6.07) is 26.7. The van der Waals surface area contributed by atoms with Crippen LogP contribution < -0.4 is 10.6 Å². The molecular weight excluding hydrogens is 546 g/mol. The minimum absolute atomic E-state index is 0.145. The lowest BCUT2D eigenvalue weighted by molar-refractivity contribution is -0.115. The first kappa shape index (κ1) is 23.6. The predicted molar refractivity (Wildman–Crippen MR) is 150 cm³/mol. The Morgan fingerprint density at radius 2 is 1.66 bits per heavy atom. The predicted octanol–water partition coefficient (Wildman–Crippen LogP) is 5.70. The molecule has 9 nitrogen and oxygen atoms in total. The highest BCUT2D eigenvalue weighted by Gasteiger charge is 2.17. The van der Waals surface area contributed by atoms with Crippen LogP contribution in [0.2, 0.25) is 0 Å². The van der Waals surface area contributed by atoms with Crippen LogP contribution in [0.1, 0.15) is 16.1 Å². The van der Waals surface area contributed by atoms with Crippen LogP contribution in [-0.4, -0.2) is 37.4 Å². The van der Waals surface area contributed by atoms with E-state index in [1.54, 1.807) is 18.2 Å². The van der Waals surface area contributed by atoms with E-state index >= 15 is 0 Å². The summed E-state index contributed by atoms with van der Waals surface area (Å²) < 4.78 is 0.810. The van der Waals surface area contributed by atoms with E-state index in [0.29, 0.717) is 34.0 Å². The molecule has 0 fully saturated rings.